The van der Waals surface area contributed by atoms with Crippen LogP contribution in [-0.2, 0) is 28.6 Å². The van der Waals surface area contributed by atoms with Gasteiger partial charge in [-0.25, -0.2) is 0 Å². The summed E-state index contributed by atoms with van der Waals surface area (Å²) in [6.45, 7) is 4.47. The van der Waals surface area contributed by atoms with Crippen LogP contribution in [0.15, 0.2) is 85.1 Å². The van der Waals surface area contributed by atoms with Crippen molar-refractivity contribution in [1.29, 1.82) is 0 Å². The predicted molar refractivity (Wildman–Crippen MR) is 272 cm³/mol. The van der Waals surface area contributed by atoms with Gasteiger partial charge in [-0.15, -0.1) is 0 Å². The van der Waals surface area contributed by atoms with Crippen LogP contribution in [0.3, 0.4) is 0 Å². The standard InChI is InChI=1S/C57H97NO7/c1-6-8-10-12-14-16-18-20-22-24-26-27-28-30-31-33-35-37-39-41-43-45-47-55(59)64-52-53(51-63-50-49-54(57(61)62)58(3,4)5)65-56(60)48-46-44-42-40-38-36-34-32-29-25-23-21-19-17-15-13-11-9-7-2/h9,11,15,17,21,23,28-30,32,36,38,42,44,53-54H,6-8,10,12-14,16,18-20,22,24-27,31,33-35,37,39-41,43,45-52H2,1-5H3/b11-9+,17-15+,23-21+,30-28+,32-29+,38-36+,44-42+. The van der Waals surface area contributed by atoms with Gasteiger partial charge in [0.1, 0.15) is 12.6 Å². The molecule has 0 saturated heterocycles. The van der Waals surface area contributed by atoms with E-state index >= 15 is 0 Å². The summed E-state index contributed by atoms with van der Waals surface area (Å²) >= 11 is 0. The van der Waals surface area contributed by atoms with Gasteiger partial charge < -0.3 is 28.6 Å². The number of unbranched alkanes of at least 4 members (excludes halogenated alkanes) is 18. The second kappa shape index (κ2) is 47.0. The van der Waals surface area contributed by atoms with Crippen molar-refractivity contribution in [1.82, 2.24) is 0 Å². The van der Waals surface area contributed by atoms with E-state index in [2.05, 4.69) is 86.8 Å². The normalized spacial score (nSPS) is 13.6. The smallest absolute Gasteiger partial charge is 0.306 e. The number of hydrogen-bond donors (Lipinski definition) is 0. The van der Waals surface area contributed by atoms with Gasteiger partial charge in [0.2, 0.25) is 0 Å². The SMILES string of the molecule is CC/C=C/C/C=C/C/C=C/C/C=C/C/C=C/C/C=C/CCC(=O)OC(COCCC(C(=O)[O-])[N+](C)(C)C)COC(=O)CCCCCCCCC/C=C/CCCCCCCCCCCCC. The molecule has 8 heteroatoms. The number of esters is 2. The topological polar surface area (TPSA) is 102 Å². The van der Waals surface area contributed by atoms with Gasteiger partial charge in [0.25, 0.3) is 0 Å². The molecule has 0 rings (SSSR count). The summed E-state index contributed by atoms with van der Waals surface area (Å²) in [6.07, 6.45) is 62.1. The van der Waals surface area contributed by atoms with Gasteiger partial charge in [-0.1, -0.05) is 195 Å². The molecule has 65 heavy (non-hydrogen) atoms. The van der Waals surface area contributed by atoms with Gasteiger partial charge >= 0.3 is 11.9 Å². The summed E-state index contributed by atoms with van der Waals surface area (Å²) in [5.41, 5.74) is 0. The number of allylic oxidation sites excluding steroid dienone is 14. The highest BCUT2D eigenvalue weighted by Crippen LogP contribution is 2.14. The van der Waals surface area contributed by atoms with Crippen LogP contribution in [-0.4, -0.2) is 75.5 Å². The van der Waals surface area contributed by atoms with Gasteiger partial charge in [-0.05, 0) is 77.0 Å². The van der Waals surface area contributed by atoms with Crippen LogP contribution >= 0.6 is 0 Å². The minimum atomic E-state index is -1.14. The lowest BCUT2D eigenvalue weighted by Gasteiger charge is -2.34. The highest BCUT2D eigenvalue weighted by atomic mass is 16.6. The van der Waals surface area contributed by atoms with Crippen molar-refractivity contribution in [2.45, 2.75) is 219 Å². The number of carbonyl (C=O) groups excluding carboxylic acids is 3. The van der Waals surface area contributed by atoms with E-state index < -0.39 is 24.1 Å². The van der Waals surface area contributed by atoms with E-state index in [0.717, 1.165) is 57.8 Å². The van der Waals surface area contributed by atoms with Gasteiger partial charge in [0, 0.05) is 19.3 Å². The number of carbonyl (C=O) groups is 3. The number of rotatable bonds is 46. The third kappa shape index (κ3) is 45.5. The van der Waals surface area contributed by atoms with E-state index in [9.17, 15) is 19.5 Å². The van der Waals surface area contributed by atoms with E-state index in [-0.39, 0.29) is 43.1 Å². The molecule has 0 aromatic heterocycles. The van der Waals surface area contributed by atoms with Crippen molar-refractivity contribution in [3.63, 3.8) is 0 Å². The lowest BCUT2D eigenvalue weighted by atomic mass is 10.0. The Bertz CT molecular complexity index is 1330. The van der Waals surface area contributed by atoms with Crippen LogP contribution in [0.4, 0.5) is 0 Å². The maximum absolute atomic E-state index is 12.7. The predicted octanol–water partition coefficient (Wildman–Crippen LogP) is 13.9. The maximum Gasteiger partial charge on any atom is 0.306 e. The molecule has 2 atom stereocenters. The molecule has 2 unspecified atom stereocenters. The van der Waals surface area contributed by atoms with Crippen molar-refractivity contribution < 1.29 is 38.2 Å². The number of carboxylic acid groups (broad SMARTS) is 1. The van der Waals surface area contributed by atoms with Gasteiger partial charge in [-0.3, -0.25) is 9.59 Å². The first-order valence-electron chi connectivity index (χ1n) is 26.1. The third-order valence-electron chi connectivity index (χ3n) is 11.3. The van der Waals surface area contributed by atoms with E-state index in [1.54, 1.807) is 21.1 Å². The molecule has 0 aliphatic carbocycles. The Labute approximate surface area is 399 Å². The van der Waals surface area contributed by atoms with Crippen LogP contribution in [0, 0.1) is 0 Å². The van der Waals surface area contributed by atoms with Crippen LogP contribution < -0.4 is 5.11 Å². The first-order valence-corrected chi connectivity index (χ1v) is 26.1. The van der Waals surface area contributed by atoms with Crippen molar-refractivity contribution in [2.75, 3.05) is 41.0 Å². The molecule has 372 valence electrons. The van der Waals surface area contributed by atoms with Gasteiger partial charge in [0.15, 0.2) is 6.10 Å². The average molecular weight is 908 g/mol. The van der Waals surface area contributed by atoms with Crippen molar-refractivity contribution in [2.24, 2.45) is 0 Å². The van der Waals surface area contributed by atoms with Crippen molar-refractivity contribution in [3.05, 3.63) is 85.1 Å². The van der Waals surface area contributed by atoms with E-state index in [4.69, 9.17) is 14.2 Å². The van der Waals surface area contributed by atoms with Crippen LogP contribution in [0.2, 0.25) is 0 Å². The molecule has 0 bridgehead atoms. The molecular formula is C57H97NO7. The van der Waals surface area contributed by atoms with Crippen LogP contribution in [0.5, 0.6) is 0 Å². The first kappa shape index (κ1) is 61.5. The fraction of sp³-hybridized carbons (Fsp3) is 0.702. The minimum absolute atomic E-state index is 0.00499. The molecule has 0 amide bonds. The van der Waals surface area contributed by atoms with Gasteiger partial charge in [0.05, 0.1) is 40.3 Å². The number of likely N-dealkylation sites (N-methyl/N-ethyl adjacent to an activating group) is 1. The molecule has 0 N–H and O–H groups in total. The van der Waals surface area contributed by atoms with Gasteiger partial charge in [-0.2, -0.15) is 0 Å². The Morgan fingerprint density at radius 2 is 0.892 bits per heavy atom. The Kier molecular flexibility index (Phi) is 44.5. The summed E-state index contributed by atoms with van der Waals surface area (Å²) in [5.74, 6) is -1.85. The fourth-order valence-electron chi connectivity index (χ4n) is 7.27. The Hall–Kier alpha value is -3.49. The molecule has 0 heterocycles. The van der Waals surface area contributed by atoms with E-state index in [1.165, 1.54) is 109 Å². The highest BCUT2D eigenvalue weighted by molar-refractivity contribution is 5.70. The summed E-state index contributed by atoms with van der Waals surface area (Å²) in [6, 6.07) is -0.744. The highest BCUT2D eigenvalue weighted by Gasteiger charge is 2.25. The number of carboxylic acids is 1. The second-order valence-electron chi connectivity index (χ2n) is 18.4. The number of hydrogen-bond acceptors (Lipinski definition) is 7. The number of aliphatic carboxylic acids is 1. The second-order valence-corrected chi connectivity index (χ2v) is 18.4. The largest absolute Gasteiger partial charge is 0.544 e. The first-order chi connectivity index (χ1) is 31.6. The van der Waals surface area contributed by atoms with E-state index in [1.807, 2.05) is 12.2 Å². The monoisotopic (exact) mass is 908 g/mol. The number of ether oxygens (including phenoxy) is 3. The minimum Gasteiger partial charge on any atom is -0.544 e. The fourth-order valence-corrected chi connectivity index (χ4v) is 7.27. The molecule has 0 aromatic rings. The molecule has 0 aliphatic heterocycles. The van der Waals surface area contributed by atoms with Crippen LogP contribution in [0.1, 0.15) is 206 Å². The molecule has 0 saturated carbocycles. The zero-order chi connectivity index (χ0) is 47.7. The lowest BCUT2D eigenvalue weighted by Crippen LogP contribution is -2.55. The molecule has 0 aliphatic rings. The van der Waals surface area contributed by atoms with Crippen molar-refractivity contribution >= 4 is 17.9 Å². The average Bonchev–Trinajstić information content (AvgIpc) is 3.27. The summed E-state index contributed by atoms with van der Waals surface area (Å²) in [4.78, 5) is 37.0. The summed E-state index contributed by atoms with van der Waals surface area (Å²) < 4.78 is 17.1. The maximum atomic E-state index is 12.7. The number of nitrogens with zero attached hydrogens (tertiary/aromatic N) is 1. The van der Waals surface area contributed by atoms with Crippen molar-refractivity contribution in [3.8, 4) is 0 Å². The molecule has 8 nitrogen and oxygen atoms in total. The zero-order valence-corrected chi connectivity index (χ0v) is 42.4. The Morgan fingerprint density at radius 3 is 1.34 bits per heavy atom. The lowest BCUT2D eigenvalue weighted by molar-refractivity contribution is -0.889. The zero-order valence-electron chi connectivity index (χ0n) is 42.4. The Morgan fingerprint density at radius 1 is 0.477 bits per heavy atom. The molecule has 0 fully saturated rings. The van der Waals surface area contributed by atoms with Crippen LogP contribution in [0.25, 0.3) is 0 Å². The molecule has 0 radical (unpaired) electrons. The summed E-state index contributed by atoms with van der Waals surface area (Å²) in [5, 5.41) is 11.7. The number of quaternary nitrogens is 1. The molecule has 0 spiro atoms. The summed E-state index contributed by atoms with van der Waals surface area (Å²) in [7, 11) is 5.38. The third-order valence-corrected chi connectivity index (χ3v) is 11.3. The molecular weight excluding hydrogens is 811 g/mol. The Balaban J connectivity index is 4.34. The quantitative estimate of drug-likeness (QED) is 0.0259. The van der Waals surface area contributed by atoms with E-state index in [0.29, 0.717) is 12.8 Å². The molecule has 0 aromatic carbocycles.